The minimum Gasteiger partial charge on any atom is -0.387 e. The molecule has 0 saturated carbocycles. The van der Waals surface area contributed by atoms with E-state index in [1.165, 1.54) is 0 Å². The van der Waals surface area contributed by atoms with Gasteiger partial charge in [0.05, 0.1) is 16.7 Å². The molecule has 2 heterocycles. The van der Waals surface area contributed by atoms with E-state index in [1.54, 1.807) is 12.1 Å². The molecule has 1 amide bonds. The minimum atomic E-state index is -1.05. The van der Waals surface area contributed by atoms with Crippen LogP contribution in [0, 0.1) is 22.7 Å². The van der Waals surface area contributed by atoms with Crippen LogP contribution >= 0.6 is 11.8 Å². The Bertz CT molecular complexity index is 1060. The van der Waals surface area contributed by atoms with Crippen molar-refractivity contribution in [2.75, 3.05) is 24.5 Å². The molecule has 1 aliphatic heterocycles. The van der Waals surface area contributed by atoms with Gasteiger partial charge >= 0.3 is 0 Å². The minimum absolute atomic E-state index is 0.0989. The molecule has 3 rings (SSSR count). The summed E-state index contributed by atoms with van der Waals surface area (Å²) in [6, 6.07) is 13.4. The van der Waals surface area contributed by atoms with Crippen LogP contribution in [0.25, 0.3) is 0 Å². The highest BCUT2D eigenvalue weighted by atomic mass is 32.2. The highest BCUT2D eigenvalue weighted by molar-refractivity contribution is 8.00. The normalized spacial score (nSPS) is 18.9. The molecule has 2 atom stereocenters. The van der Waals surface area contributed by atoms with Crippen molar-refractivity contribution < 1.29 is 9.90 Å². The maximum absolute atomic E-state index is 12.2. The second-order valence-electron chi connectivity index (χ2n) is 7.46. The Morgan fingerprint density at radius 2 is 2.00 bits per heavy atom. The summed E-state index contributed by atoms with van der Waals surface area (Å²) in [5.74, 6) is -0.161. The van der Waals surface area contributed by atoms with Crippen molar-refractivity contribution in [1.82, 2.24) is 4.98 Å². The van der Waals surface area contributed by atoms with Crippen molar-refractivity contribution in [3.8, 4) is 12.1 Å². The smallest absolute Gasteiger partial charge is 0.235 e. The molecule has 9 heteroatoms. The van der Waals surface area contributed by atoms with E-state index >= 15 is 0 Å². The molecule has 5 N–H and O–H groups in total. The Kier molecular flexibility index (Phi) is 6.81. The van der Waals surface area contributed by atoms with Gasteiger partial charge in [-0.2, -0.15) is 10.5 Å². The lowest BCUT2D eigenvalue weighted by Gasteiger charge is -2.25. The van der Waals surface area contributed by atoms with Gasteiger partial charge in [0.25, 0.3) is 0 Å². The van der Waals surface area contributed by atoms with Crippen molar-refractivity contribution >= 4 is 23.5 Å². The quantitative estimate of drug-likeness (QED) is 0.553. The maximum atomic E-state index is 12.2. The van der Waals surface area contributed by atoms with E-state index in [2.05, 4.69) is 17.1 Å². The number of hydrogen-bond donors (Lipinski definition) is 3. The number of β-amino-alcohol motifs (C(OH)–C–C–N with tert-alkyl or cyclic N) is 1. The Morgan fingerprint density at radius 1 is 1.32 bits per heavy atom. The Balaban J connectivity index is 2.13. The van der Waals surface area contributed by atoms with E-state index in [0.717, 1.165) is 11.8 Å². The zero-order valence-corrected chi connectivity index (χ0v) is 18.0. The first-order valence-electron chi connectivity index (χ1n) is 9.92. The number of amides is 1. The fraction of sp³-hybridized carbons (Fsp3) is 0.364. The largest absolute Gasteiger partial charge is 0.387 e. The number of aromatic nitrogens is 1. The number of pyridine rings is 1. The van der Waals surface area contributed by atoms with Crippen LogP contribution in [0.1, 0.15) is 40.8 Å². The number of aliphatic hydroxyl groups is 1. The summed E-state index contributed by atoms with van der Waals surface area (Å²) in [6.45, 7) is 2.68. The average Bonchev–Trinajstić information content (AvgIpc) is 3.19. The predicted octanol–water partition coefficient (Wildman–Crippen LogP) is 1.61. The molecule has 1 aliphatic rings. The first-order valence-corrected chi connectivity index (χ1v) is 10.8. The summed E-state index contributed by atoms with van der Waals surface area (Å²) in [6.07, 6.45) is 0.893. The van der Waals surface area contributed by atoms with Gasteiger partial charge in [-0.1, -0.05) is 49.0 Å². The molecular formula is C22H24N6O2S. The van der Waals surface area contributed by atoms with Crippen molar-refractivity contribution in [3.05, 3.63) is 52.6 Å². The average molecular weight is 437 g/mol. The summed E-state index contributed by atoms with van der Waals surface area (Å²) in [4.78, 5) is 18.7. The topological polar surface area (TPSA) is 153 Å². The number of nitriles is 2. The second kappa shape index (κ2) is 9.36. The van der Waals surface area contributed by atoms with Crippen LogP contribution < -0.4 is 16.4 Å². The molecule has 1 aromatic carbocycles. The molecule has 0 bridgehead atoms. The number of primary amides is 1. The van der Waals surface area contributed by atoms with E-state index in [4.69, 9.17) is 11.5 Å². The number of rotatable bonds is 7. The number of carbonyl (C=O) groups excluding carboxylic acids is 1. The van der Waals surface area contributed by atoms with Crippen LogP contribution in [0.3, 0.4) is 0 Å². The van der Waals surface area contributed by atoms with Gasteiger partial charge in [-0.3, -0.25) is 4.79 Å². The summed E-state index contributed by atoms with van der Waals surface area (Å²) in [5, 5.41) is 29.8. The molecule has 31 heavy (non-hydrogen) atoms. The third-order valence-corrected chi connectivity index (χ3v) is 6.69. The van der Waals surface area contributed by atoms with E-state index < -0.39 is 16.8 Å². The zero-order valence-electron chi connectivity index (χ0n) is 17.2. The number of thioether (sulfide) groups is 1. The first-order chi connectivity index (χ1) is 14.9. The highest BCUT2D eigenvalue weighted by Crippen LogP contribution is 2.40. The Labute approximate surface area is 185 Å². The zero-order chi connectivity index (χ0) is 22.6. The summed E-state index contributed by atoms with van der Waals surface area (Å²) in [5.41, 5.74) is 12.2. The molecular weight excluding hydrogens is 412 g/mol. The fourth-order valence-corrected chi connectivity index (χ4v) is 4.79. The summed E-state index contributed by atoms with van der Waals surface area (Å²) >= 11 is 1.10. The van der Waals surface area contributed by atoms with Gasteiger partial charge in [-0.05, 0) is 24.0 Å². The molecule has 1 unspecified atom stereocenters. The third-order valence-electron chi connectivity index (χ3n) is 5.43. The predicted molar refractivity (Wildman–Crippen MR) is 118 cm³/mol. The van der Waals surface area contributed by atoms with Gasteiger partial charge in [0.2, 0.25) is 5.91 Å². The molecule has 0 radical (unpaired) electrons. The molecule has 8 nitrogen and oxygen atoms in total. The summed E-state index contributed by atoms with van der Waals surface area (Å²) < 4.78 is 0. The summed E-state index contributed by atoms with van der Waals surface area (Å²) in [7, 11) is 0. The highest BCUT2D eigenvalue weighted by Gasteiger charge is 2.37. The number of nitrogens with two attached hydrogens (primary N) is 2. The lowest BCUT2D eigenvalue weighted by atomic mass is 10.0. The van der Waals surface area contributed by atoms with Crippen LogP contribution in [0.15, 0.2) is 35.4 Å². The van der Waals surface area contributed by atoms with Gasteiger partial charge in [-0.25, -0.2) is 4.98 Å². The lowest BCUT2D eigenvalue weighted by molar-refractivity contribution is -0.117. The SMILES string of the molecule is CCc1c(C#N)c(SC(C(N)=O)c2ccccc2)nc(N2CC[C@@](O)(CN)C2)c1C#N. The monoisotopic (exact) mass is 436 g/mol. The van der Waals surface area contributed by atoms with Gasteiger partial charge in [-0.15, -0.1) is 0 Å². The number of anilines is 1. The number of benzene rings is 1. The standard InChI is InChI=1S/C22H24N6O2S/c1-2-15-16(10-23)20(28-9-8-22(30,12-25)13-28)27-21(17(15)11-24)31-18(19(26)29)14-6-4-3-5-7-14/h3-7,18,30H,2,8-9,12-13,25H2,1H3,(H2,26,29)/t18?,22-/m1/s1. The molecule has 0 aliphatic carbocycles. The maximum Gasteiger partial charge on any atom is 0.235 e. The molecule has 1 saturated heterocycles. The lowest BCUT2D eigenvalue weighted by Crippen LogP contribution is -2.40. The van der Waals surface area contributed by atoms with Crippen LogP contribution in [0.5, 0.6) is 0 Å². The number of carbonyl (C=O) groups is 1. The van der Waals surface area contributed by atoms with Gasteiger partial charge in [0.15, 0.2) is 0 Å². The molecule has 1 fully saturated rings. The van der Waals surface area contributed by atoms with Crippen molar-refractivity contribution in [1.29, 1.82) is 10.5 Å². The molecule has 160 valence electrons. The fourth-order valence-electron chi connectivity index (χ4n) is 3.73. The van der Waals surface area contributed by atoms with Crippen molar-refractivity contribution in [2.24, 2.45) is 11.5 Å². The number of nitrogens with zero attached hydrogens (tertiary/aromatic N) is 4. The first kappa shape index (κ1) is 22.6. The van der Waals surface area contributed by atoms with E-state index in [1.807, 2.05) is 30.0 Å². The van der Waals surface area contributed by atoms with Gasteiger partial charge in [0, 0.05) is 19.6 Å². The molecule has 2 aromatic rings. The van der Waals surface area contributed by atoms with Crippen LogP contribution in [-0.4, -0.2) is 41.2 Å². The second-order valence-corrected chi connectivity index (χ2v) is 8.55. The molecule has 1 aromatic heterocycles. The van der Waals surface area contributed by atoms with Gasteiger partial charge in [0.1, 0.15) is 28.2 Å². The number of hydrogen-bond acceptors (Lipinski definition) is 8. The van der Waals surface area contributed by atoms with Crippen LogP contribution in [0.4, 0.5) is 5.82 Å². The van der Waals surface area contributed by atoms with E-state index in [9.17, 15) is 20.4 Å². The Morgan fingerprint density at radius 3 is 2.52 bits per heavy atom. The van der Waals surface area contributed by atoms with E-state index in [-0.39, 0.29) is 18.7 Å². The van der Waals surface area contributed by atoms with E-state index in [0.29, 0.717) is 46.9 Å². The van der Waals surface area contributed by atoms with Crippen LogP contribution in [-0.2, 0) is 11.2 Å². The Hall–Kier alpha value is -3.11. The van der Waals surface area contributed by atoms with Crippen LogP contribution in [0.2, 0.25) is 0 Å². The molecule has 0 spiro atoms. The third kappa shape index (κ3) is 4.49. The van der Waals surface area contributed by atoms with Gasteiger partial charge < -0.3 is 21.5 Å². The van der Waals surface area contributed by atoms with Crippen molar-refractivity contribution in [2.45, 2.75) is 35.6 Å². The van der Waals surface area contributed by atoms with Crippen molar-refractivity contribution in [3.63, 3.8) is 0 Å².